The molecule has 0 aromatic carbocycles. The maximum atomic E-state index is 12.5. The summed E-state index contributed by atoms with van der Waals surface area (Å²) in [6.07, 6.45) is -2.42. The molecule has 26 heavy (non-hydrogen) atoms. The van der Waals surface area contributed by atoms with Crippen molar-refractivity contribution in [3.05, 3.63) is 51.8 Å². The van der Waals surface area contributed by atoms with Gasteiger partial charge in [-0.1, -0.05) is 0 Å². The summed E-state index contributed by atoms with van der Waals surface area (Å²) in [5.41, 5.74) is -1.13. The largest absolute Gasteiger partial charge is 0.417 e. The van der Waals surface area contributed by atoms with Crippen LogP contribution in [0.1, 0.15) is 5.56 Å². The van der Waals surface area contributed by atoms with Crippen LogP contribution in [-0.4, -0.2) is 23.9 Å². The quantitative estimate of drug-likeness (QED) is 0.704. The Morgan fingerprint density at radius 3 is 2.46 bits per heavy atom. The molecule has 2 rings (SSSR count). The molecular weight excluding hydrogens is 411 g/mol. The second kappa shape index (κ2) is 7.18. The second-order valence-electron chi connectivity index (χ2n) is 4.86. The van der Waals surface area contributed by atoms with Gasteiger partial charge in [-0.05, 0) is 23.6 Å². The number of pyridine rings is 1. The Hall–Kier alpha value is -2.23. The van der Waals surface area contributed by atoms with Gasteiger partial charge in [-0.15, -0.1) is 0 Å². The van der Waals surface area contributed by atoms with Crippen LogP contribution in [0.15, 0.2) is 60.5 Å². The number of alkyl halides is 3. The molecule has 0 spiro atoms. The zero-order valence-electron chi connectivity index (χ0n) is 13.0. The minimum absolute atomic E-state index is 0.355. The van der Waals surface area contributed by atoms with Gasteiger partial charge in [0.15, 0.2) is 9.93 Å². The molecule has 0 aliphatic rings. The van der Waals surface area contributed by atoms with Crippen LogP contribution < -0.4 is 0 Å². The molecular formula is C14H10F3N3O3S3. The van der Waals surface area contributed by atoms with Crippen molar-refractivity contribution in [1.29, 1.82) is 5.26 Å². The Kier molecular flexibility index (Phi) is 5.55. The van der Waals surface area contributed by atoms with Gasteiger partial charge in [0, 0.05) is 17.8 Å². The third-order valence-electron chi connectivity index (χ3n) is 3.04. The third kappa shape index (κ3) is 4.29. The third-order valence-corrected chi connectivity index (χ3v) is 7.08. The molecule has 2 heterocycles. The number of hydrogen-bond donors (Lipinski definition) is 0. The lowest BCUT2D eigenvalue weighted by Gasteiger charge is -2.07. The van der Waals surface area contributed by atoms with Crippen molar-refractivity contribution in [2.75, 3.05) is 6.26 Å². The van der Waals surface area contributed by atoms with E-state index in [-0.39, 0.29) is 0 Å². The molecule has 138 valence electrons. The van der Waals surface area contributed by atoms with Gasteiger partial charge in [-0.25, -0.2) is 22.0 Å². The lowest BCUT2D eigenvalue weighted by Crippen LogP contribution is -2.09. The lowest BCUT2D eigenvalue weighted by molar-refractivity contribution is -0.137. The molecule has 0 saturated heterocycles. The summed E-state index contributed by atoms with van der Waals surface area (Å²) >= 11 is 1.27. The first-order valence-corrected chi connectivity index (χ1v) is 11.0. The Bertz CT molecular complexity index is 1090. The number of thiophene rings is 1. The average Bonchev–Trinajstić information content (AvgIpc) is 3.10. The molecule has 0 aliphatic heterocycles. The van der Waals surface area contributed by atoms with Crippen LogP contribution in [0.25, 0.3) is 0 Å². The van der Waals surface area contributed by atoms with Crippen molar-refractivity contribution in [2.24, 2.45) is 4.36 Å². The van der Waals surface area contributed by atoms with E-state index in [9.17, 15) is 25.8 Å². The van der Waals surface area contributed by atoms with Crippen LogP contribution in [0.4, 0.5) is 13.2 Å². The highest BCUT2D eigenvalue weighted by atomic mass is 32.2. The number of rotatable bonds is 4. The number of allylic oxidation sites excluding steroid dienone is 1. The average molecular weight is 421 g/mol. The topological polar surface area (TPSA) is 100 Å². The Balaban J connectivity index is 2.46. The molecule has 0 radical (unpaired) electrons. The van der Waals surface area contributed by atoms with Crippen LogP contribution in [0, 0.1) is 11.3 Å². The van der Waals surface area contributed by atoms with Crippen molar-refractivity contribution >= 4 is 30.9 Å². The van der Waals surface area contributed by atoms with Gasteiger partial charge in [-0.3, -0.25) is 0 Å². The van der Waals surface area contributed by atoms with Crippen LogP contribution in [-0.2, 0) is 25.7 Å². The van der Waals surface area contributed by atoms with Crippen LogP contribution in [0.3, 0.4) is 0 Å². The zero-order chi connectivity index (χ0) is 19.6. The molecule has 0 unspecified atom stereocenters. The zero-order valence-corrected chi connectivity index (χ0v) is 15.4. The first-order chi connectivity index (χ1) is 12.0. The van der Waals surface area contributed by atoms with E-state index in [1.807, 2.05) is 0 Å². The second-order valence-corrected chi connectivity index (χ2v) is 9.79. The minimum Gasteiger partial charge on any atom is -0.245 e. The van der Waals surface area contributed by atoms with E-state index in [2.05, 4.69) is 9.35 Å². The van der Waals surface area contributed by atoms with Crippen molar-refractivity contribution in [3.8, 4) is 6.07 Å². The van der Waals surface area contributed by atoms with Crippen molar-refractivity contribution in [1.82, 2.24) is 4.98 Å². The molecule has 12 heteroatoms. The predicted molar refractivity (Wildman–Crippen MR) is 89.2 cm³/mol. The Labute approximate surface area is 151 Å². The van der Waals surface area contributed by atoms with Crippen molar-refractivity contribution in [2.45, 2.75) is 16.1 Å². The van der Waals surface area contributed by atoms with Crippen molar-refractivity contribution < 1.29 is 25.8 Å². The summed E-state index contributed by atoms with van der Waals surface area (Å²) in [6, 6.07) is 4.13. The highest BCUT2D eigenvalue weighted by Crippen LogP contribution is 2.29. The monoisotopic (exact) mass is 421 g/mol. The highest BCUT2D eigenvalue weighted by Gasteiger charge is 2.32. The molecule has 6 nitrogen and oxygen atoms in total. The lowest BCUT2D eigenvalue weighted by atomic mass is 10.3. The first-order valence-electron chi connectivity index (χ1n) is 6.60. The molecule has 0 saturated carbocycles. The van der Waals surface area contributed by atoms with Crippen LogP contribution in [0.2, 0.25) is 0 Å². The van der Waals surface area contributed by atoms with Gasteiger partial charge in [0.05, 0.1) is 26.4 Å². The van der Waals surface area contributed by atoms with E-state index < -0.39 is 41.2 Å². The summed E-state index contributed by atoms with van der Waals surface area (Å²) < 4.78 is 78.4. The standard InChI is InChI=1S/C14H10F3N3O3S3/c1-25(21,11-4-5-24-9-11)20-8-12(6-18)26(22,23)13-3-2-10(7-19-13)14(15,16)17/h2-5,7-9H,1H3/b12-8+/t25-/m1/s1. The maximum Gasteiger partial charge on any atom is 0.417 e. The molecule has 0 fully saturated rings. The number of nitrogens with zero attached hydrogens (tertiary/aromatic N) is 3. The van der Waals surface area contributed by atoms with Gasteiger partial charge >= 0.3 is 6.18 Å². The fraction of sp³-hybridized carbons (Fsp3) is 0.143. The smallest absolute Gasteiger partial charge is 0.245 e. The number of hydrogen-bond acceptors (Lipinski definition) is 7. The van der Waals surface area contributed by atoms with E-state index in [1.165, 1.54) is 23.7 Å². The van der Waals surface area contributed by atoms with E-state index in [1.54, 1.807) is 16.8 Å². The molecule has 2 aromatic heterocycles. The number of nitriles is 1. The molecule has 0 N–H and O–H groups in total. The molecule has 0 amide bonds. The fourth-order valence-electron chi connectivity index (χ4n) is 1.65. The predicted octanol–water partition coefficient (Wildman–Crippen LogP) is 3.46. The van der Waals surface area contributed by atoms with Gasteiger partial charge in [0.2, 0.25) is 9.84 Å². The molecule has 1 atom stereocenters. The summed E-state index contributed by atoms with van der Waals surface area (Å²) in [6.45, 7) is 0. The van der Waals surface area contributed by atoms with Gasteiger partial charge in [-0.2, -0.15) is 29.8 Å². The SMILES string of the molecule is C[S@](=O)(=N/C=C(\C#N)S(=O)(=O)c1ccc(C(F)(F)F)cn1)c1ccsc1. The summed E-state index contributed by atoms with van der Waals surface area (Å²) in [5, 5.41) is 11.6. The molecule has 2 aromatic rings. The summed E-state index contributed by atoms with van der Waals surface area (Å²) in [4.78, 5) is 2.75. The fourth-order valence-corrected chi connectivity index (χ4v) is 4.93. The van der Waals surface area contributed by atoms with Crippen molar-refractivity contribution in [3.63, 3.8) is 0 Å². The Morgan fingerprint density at radius 2 is 2.00 bits per heavy atom. The van der Waals surface area contributed by atoms with Gasteiger partial charge in [0.25, 0.3) is 0 Å². The van der Waals surface area contributed by atoms with Crippen LogP contribution >= 0.6 is 11.3 Å². The van der Waals surface area contributed by atoms with E-state index >= 15 is 0 Å². The van der Waals surface area contributed by atoms with Crippen LogP contribution in [0.5, 0.6) is 0 Å². The van der Waals surface area contributed by atoms with Gasteiger partial charge < -0.3 is 0 Å². The summed E-state index contributed by atoms with van der Waals surface area (Å²) in [5.74, 6) is 0. The Morgan fingerprint density at radius 1 is 1.31 bits per heavy atom. The maximum absolute atomic E-state index is 12.5. The number of aromatic nitrogens is 1. The van der Waals surface area contributed by atoms with E-state index in [0.29, 0.717) is 29.4 Å². The molecule has 0 aliphatic carbocycles. The summed E-state index contributed by atoms with van der Waals surface area (Å²) in [7, 11) is -7.47. The first kappa shape index (κ1) is 20.1. The van der Waals surface area contributed by atoms with E-state index in [0.717, 1.165) is 0 Å². The number of sulfone groups is 1. The minimum atomic E-state index is -4.67. The molecule has 0 bridgehead atoms. The normalized spacial score (nSPS) is 15.1. The number of halogens is 3. The highest BCUT2D eigenvalue weighted by molar-refractivity contribution is 7.95. The van der Waals surface area contributed by atoms with Gasteiger partial charge in [0.1, 0.15) is 6.07 Å². The van der Waals surface area contributed by atoms with E-state index in [4.69, 9.17) is 5.26 Å².